The summed E-state index contributed by atoms with van der Waals surface area (Å²) >= 11 is 0. The fraction of sp³-hybridized carbons (Fsp3) is 0.591. The SMILES string of the molecule is CC(C)(C)c1cc(C(C)(C)C)c(O[SiH]2N(C(C)(C)C)C(c3ccccc3)N2C(C)(C)C)cc1O[SiH]1N(C(C)(C)C)C(c2ccccc2)N1C(C)(C)C. The first kappa shape index (κ1) is 40.7. The van der Waals surface area contributed by atoms with Crippen LogP contribution in [-0.2, 0) is 10.8 Å². The Balaban J connectivity index is 1.66. The van der Waals surface area contributed by atoms with Crippen LogP contribution in [0.25, 0.3) is 0 Å². The molecule has 6 nitrogen and oxygen atoms in total. The summed E-state index contributed by atoms with van der Waals surface area (Å²) in [6, 6.07) is 26.6. The molecular formula is C44H70N4O2Si2. The van der Waals surface area contributed by atoms with Crippen molar-refractivity contribution in [1.82, 2.24) is 18.3 Å². The molecule has 52 heavy (non-hydrogen) atoms. The van der Waals surface area contributed by atoms with Crippen molar-refractivity contribution >= 4 is 18.7 Å². The van der Waals surface area contributed by atoms with E-state index in [0.717, 1.165) is 11.5 Å². The Hall–Kier alpha value is -2.47. The van der Waals surface area contributed by atoms with E-state index in [9.17, 15) is 0 Å². The third-order valence-corrected chi connectivity index (χ3v) is 17.5. The van der Waals surface area contributed by atoms with Gasteiger partial charge in [0.2, 0.25) is 0 Å². The highest BCUT2D eigenvalue weighted by molar-refractivity contribution is 6.50. The van der Waals surface area contributed by atoms with Crippen LogP contribution in [0.5, 0.6) is 11.5 Å². The Morgan fingerprint density at radius 3 is 0.904 bits per heavy atom. The number of nitrogens with zero attached hydrogens (tertiary/aromatic N) is 4. The summed E-state index contributed by atoms with van der Waals surface area (Å²) < 4.78 is 25.8. The van der Waals surface area contributed by atoms with Gasteiger partial charge in [-0.2, -0.15) is 0 Å². The molecule has 0 amide bonds. The average Bonchev–Trinajstić information content (AvgIpc) is 2.93. The van der Waals surface area contributed by atoms with Gasteiger partial charge in [-0.25, -0.2) is 0 Å². The third kappa shape index (κ3) is 7.99. The molecule has 0 aliphatic carbocycles. The smallest absolute Gasteiger partial charge is 0.406 e. The highest BCUT2D eigenvalue weighted by Gasteiger charge is 2.61. The van der Waals surface area contributed by atoms with Crippen LogP contribution in [0.3, 0.4) is 0 Å². The molecule has 2 aliphatic rings. The second kappa shape index (κ2) is 13.7. The molecular weight excluding hydrogens is 673 g/mol. The van der Waals surface area contributed by atoms with Gasteiger partial charge in [-0.1, -0.05) is 102 Å². The fourth-order valence-corrected chi connectivity index (χ4v) is 14.2. The Kier molecular flexibility index (Phi) is 10.7. The molecule has 0 radical (unpaired) electrons. The molecule has 0 atom stereocenters. The summed E-state index contributed by atoms with van der Waals surface area (Å²) in [6.07, 6.45) is 0.303. The number of benzene rings is 3. The van der Waals surface area contributed by atoms with Crippen LogP contribution in [0.4, 0.5) is 0 Å². The highest BCUT2D eigenvalue weighted by Crippen LogP contribution is 2.51. The van der Waals surface area contributed by atoms with Crippen LogP contribution in [0.2, 0.25) is 0 Å². The maximum absolute atomic E-state index is 7.56. The average molecular weight is 743 g/mol. The summed E-state index contributed by atoms with van der Waals surface area (Å²) in [5.41, 5.74) is 4.50. The molecule has 2 saturated heterocycles. The zero-order valence-corrected chi connectivity index (χ0v) is 38.2. The molecule has 2 heterocycles. The predicted octanol–water partition coefficient (Wildman–Crippen LogP) is 10.3. The summed E-state index contributed by atoms with van der Waals surface area (Å²) in [6.45, 7) is 41.9. The monoisotopic (exact) mass is 743 g/mol. The van der Waals surface area contributed by atoms with Crippen molar-refractivity contribution in [3.8, 4) is 11.5 Å². The summed E-state index contributed by atoms with van der Waals surface area (Å²) in [4.78, 5) is 0. The normalized spacial score (nSPS) is 23.3. The van der Waals surface area contributed by atoms with Crippen molar-refractivity contribution in [3.63, 3.8) is 0 Å². The van der Waals surface area contributed by atoms with Gasteiger partial charge in [-0.15, -0.1) is 0 Å². The van der Waals surface area contributed by atoms with Gasteiger partial charge in [0.15, 0.2) is 0 Å². The van der Waals surface area contributed by atoms with Crippen LogP contribution < -0.4 is 8.85 Å². The fourth-order valence-electron chi connectivity index (χ4n) is 7.95. The van der Waals surface area contributed by atoms with E-state index in [2.05, 4.69) is 216 Å². The largest absolute Gasteiger partial charge is 0.519 e. The Morgan fingerprint density at radius 1 is 0.404 bits per heavy atom. The zero-order chi connectivity index (χ0) is 39.0. The Morgan fingerprint density at radius 2 is 0.673 bits per heavy atom. The van der Waals surface area contributed by atoms with Crippen molar-refractivity contribution in [1.29, 1.82) is 0 Å². The van der Waals surface area contributed by atoms with Gasteiger partial charge < -0.3 is 8.85 Å². The van der Waals surface area contributed by atoms with Gasteiger partial charge in [0.1, 0.15) is 11.5 Å². The second-order valence-corrected chi connectivity index (χ2v) is 25.1. The van der Waals surface area contributed by atoms with E-state index in [4.69, 9.17) is 8.85 Å². The molecule has 3 aromatic rings. The first-order valence-corrected chi connectivity index (χ1v) is 22.4. The lowest BCUT2D eigenvalue weighted by atomic mass is 9.80. The quantitative estimate of drug-likeness (QED) is 0.234. The topological polar surface area (TPSA) is 31.4 Å². The molecule has 0 N–H and O–H groups in total. The third-order valence-electron chi connectivity index (χ3n) is 10.5. The number of hydrogen-bond donors (Lipinski definition) is 0. The second-order valence-electron chi connectivity index (χ2n) is 21.1. The van der Waals surface area contributed by atoms with Crippen LogP contribution in [0, 0.1) is 0 Å². The summed E-state index contributed by atoms with van der Waals surface area (Å²) in [7, 11) is -4.34. The van der Waals surface area contributed by atoms with Crippen molar-refractivity contribution in [3.05, 3.63) is 95.1 Å². The molecule has 0 aromatic heterocycles. The van der Waals surface area contributed by atoms with Gasteiger partial charge in [0, 0.05) is 28.2 Å². The molecule has 0 saturated carbocycles. The van der Waals surface area contributed by atoms with E-state index >= 15 is 0 Å². The lowest BCUT2D eigenvalue weighted by molar-refractivity contribution is -0.0576. The lowest BCUT2D eigenvalue weighted by Gasteiger charge is -2.64. The Labute approximate surface area is 321 Å². The van der Waals surface area contributed by atoms with E-state index in [0.29, 0.717) is 0 Å². The van der Waals surface area contributed by atoms with E-state index in [1.807, 2.05) is 0 Å². The van der Waals surface area contributed by atoms with Gasteiger partial charge in [0.05, 0.1) is 12.3 Å². The minimum Gasteiger partial charge on any atom is -0.519 e. The van der Waals surface area contributed by atoms with E-state index < -0.39 is 18.7 Å². The molecule has 2 fully saturated rings. The standard InChI is InChI=1S/C44H70N4O2Si2/c1-39(2,3)33-29-34(40(4,5)6)36(50-52-47(43(13,14)15)38(48(52)44(16,17)18)32-27-23-20-24-28-32)30-35(33)49-51-45(41(7,8)9)37(46(51)42(10,11)12)31-25-21-19-22-26-31/h19-30,37-38,51-52H,1-18H3. The minimum atomic E-state index is -2.17. The maximum atomic E-state index is 7.56. The summed E-state index contributed by atoms with van der Waals surface area (Å²) in [5, 5.41) is 0. The van der Waals surface area contributed by atoms with E-state index in [1.165, 1.54) is 22.3 Å². The maximum Gasteiger partial charge on any atom is 0.406 e. The van der Waals surface area contributed by atoms with E-state index in [1.54, 1.807) is 0 Å². The van der Waals surface area contributed by atoms with E-state index in [-0.39, 0.29) is 45.3 Å². The summed E-state index contributed by atoms with van der Waals surface area (Å²) in [5.74, 6) is 1.92. The molecule has 286 valence electrons. The van der Waals surface area contributed by atoms with Crippen LogP contribution in [0.15, 0.2) is 72.8 Å². The van der Waals surface area contributed by atoms with Gasteiger partial charge in [-0.3, -0.25) is 18.3 Å². The van der Waals surface area contributed by atoms with Crippen LogP contribution in [-0.4, -0.2) is 59.1 Å². The number of rotatable bonds is 6. The minimum absolute atomic E-state index is 0.0859. The molecule has 3 aromatic carbocycles. The van der Waals surface area contributed by atoms with Crippen LogP contribution in [0.1, 0.15) is 159 Å². The van der Waals surface area contributed by atoms with Crippen molar-refractivity contribution in [2.45, 2.75) is 170 Å². The first-order chi connectivity index (χ1) is 23.6. The Bertz CT molecular complexity index is 1520. The molecule has 5 rings (SSSR count). The van der Waals surface area contributed by atoms with Gasteiger partial charge >= 0.3 is 18.7 Å². The predicted molar refractivity (Wildman–Crippen MR) is 224 cm³/mol. The molecule has 0 unspecified atom stereocenters. The van der Waals surface area contributed by atoms with Crippen LogP contribution >= 0.6 is 0 Å². The molecule has 0 bridgehead atoms. The lowest BCUT2D eigenvalue weighted by Crippen LogP contribution is -2.80. The highest BCUT2D eigenvalue weighted by atomic mass is 28.3. The van der Waals surface area contributed by atoms with Gasteiger partial charge in [0.25, 0.3) is 0 Å². The molecule has 8 heteroatoms. The van der Waals surface area contributed by atoms with Crippen molar-refractivity contribution in [2.75, 3.05) is 0 Å². The zero-order valence-electron chi connectivity index (χ0n) is 35.8. The first-order valence-electron chi connectivity index (χ1n) is 19.4. The van der Waals surface area contributed by atoms with Crippen molar-refractivity contribution in [2.24, 2.45) is 0 Å². The number of hydrogen-bond acceptors (Lipinski definition) is 6. The molecule has 2 aliphatic heterocycles. The molecule has 0 spiro atoms. The van der Waals surface area contributed by atoms with Gasteiger partial charge in [-0.05, 0) is 122 Å². The van der Waals surface area contributed by atoms with Crippen molar-refractivity contribution < 1.29 is 8.85 Å².